The molecule has 3 heterocycles. The highest BCUT2D eigenvalue weighted by Crippen LogP contribution is 2.28. The third-order valence-electron chi connectivity index (χ3n) is 6.71. The number of nitrogen functional groups attached to an aromatic ring is 1. The number of nitrogens with two attached hydrogens (primary N) is 1. The summed E-state index contributed by atoms with van der Waals surface area (Å²) in [5.41, 5.74) is 9.79. The van der Waals surface area contributed by atoms with Crippen molar-refractivity contribution in [3.8, 4) is 22.3 Å². The van der Waals surface area contributed by atoms with Gasteiger partial charge in [0.15, 0.2) is 0 Å². The maximum atomic E-state index is 14.3. The largest absolute Gasteiger partial charge is 0.383 e. The Labute approximate surface area is 218 Å². The SMILES string of the molecule is Cc1cc(C(=O)N2CC[C@@H](NC(=O)c3cc(-c4cnn(C)c4)cnc3N)C2)ccc1-c1ccc(F)cc1F. The zero-order valence-electron chi connectivity index (χ0n) is 20.9. The summed E-state index contributed by atoms with van der Waals surface area (Å²) in [5.74, 6) is -1.73. The van der Waals surface area contributed by atoms with Crippen LogP contribution >= 0.6 is 0 Å². The topological polar surface area (TPSA) is 106 Å². The number of nitrogens with zero attached hydrogens (tertiary/aromatic N) is 4. The summed E-state index contributed by atoms with van der Waals surface area (Å²) in [6.07, 6.45) is 5.68. The number of anilines is 1. The number of aryl methyl sites for hydroxylation is 2. The summed E-state index contributed by atoms with van der Waals surface area (Å²) >= 11 is 0. The average molecular weight is 517 g/mol. The standard InChI is InChI=1S/C28H26F2N6O2/c1-16-9-17(3-5-22(16)23-6-4-20(29)11-25(23)30)28(38)36-8-7-21(15-36)34-27(37)24-10-18(12-32-26(24)31)19-13-33-35(2)14-19/h3-6,9-14,21H,7-8,15H2,1-2H3,(H2,31,32)(H,34,37)/t21-/m1/s1. The van der Waals surface area contributed by atoms with Crippen molar-refractivity contribution in [2.75, 3.05) is 18.8 Å². The van der Waals surface area contributed by atoms with Gasteiger partial charge in [0, 0.05) is 66.9 Å². The summed E-state index contributed by atoms with van der Waals surface area (Å²) in [4.78, 5) is 32.0. The normalized spacial score (nSPS) is 15.1. The minimum atomic E-state index is -0.660. The lowest BCUT2D eigenvalue weighted by atomic mass is 9.97. The van der Waals surface area contributed by atoms with Gasteiger partial charge in [-0.25, -0.2) is 13.8 Å². The van der Waals surface area contributed by atoms with E-state index in [0.717, 1.165) is 17.2 Å². The van der Waals surface area contributed by atoms with E-state index in [1.807, 2.05) is 6.20 Å². The van der Waals surface area contributed by atoms with Gasteiger partial charge in [-0.1, -0.05) is 6.07 Å². The Hall–Kier alpha value is -4.60. The lowest BCUT2D eigenvalue weighted by Crippen LogP contribution is -2.38. The first-order valence-electron chi connectivity index (χ1n) is 12.1. The lowest BCUT2D eigenvalue weighted by Gasteiger charge is -2.18. The van der Waals surface area contributed by atoms with Gasteiger partial charge in [0.1, 0.15) is 17.5 Å². The van der Waals surface area contributed by atoms with Crippen LogP contribution in [0.25, 0.3) is 22.3 Å². The molecule has 10 heteroatoms. The molecule has 3 N–H and O–H groups in total. The van der Waals surface area contributed by atoms with Gasteiger partial charge in [-0.05, 0) is 54.8 Å². The van der Waals surface area contributed by atoms with Gasteiger partial charge in [-0.2, -0.15) is 5.10 Å². The smallest absolute Gasteiger partial charge is 0.255 e. The molecule has 0 aliphatic carbocycles. The number of hydrogen-bond acceptors (Lipinski definition) is 5. The van der Waals surface area contributed by atoms with Crippen LogP contribution in [-0.2, 0) is 7.05 Å². The molecule has 0 radical (unpaired) electrons. The number of carbonyl (C=O) groups excluding carboxylic acids is 2. The molecule has 0 spiro atoms. The predicted octanol–water partition coefficient (Wildman–Crippen LogP) is 3.96. The molecule has 4 aromatic rings. The summed E-state index contributed by atoms with van der Waals surface area (Å²) in [6.45, 7) is 2.59. The van der Waals surface area contributed by atoms with Crippen molar-refractivity contribution < 1.29 is 18.4 Å². The minimum absolute atomic E-state index is 0.120. The molecule has 1 aliphatic heterocycles. The lowest BCUT2D eigenvalue weighted by molar-refractivity contribution is 0.0783. The molecule has 2 aromatic heterocycles. The molecule has 194 valence electrons. The monoisotopic (exact) mass is 516 g/mol. The highest BCUT2D eigenvalue weighted by molar-refractivity contribution is 6.00. The van der Waals surface area contributed by atoms with Crippen molar-refractivity contribution in [1.82, 2.24) is 25.0 Å². The number of likely N-dealkylation sites (tertiary alicyclic amines) is 1. The Morgan fingerprint density at radius 2 is 1.84 bits per heavy atom. The van der Waals surface area contributed by atoms with Gasteiger partial charge in [0.05, 0.1) is 11.8 Å². The fourth-order valence-electron chi connectivity index (χ4n) is 4.70. The Morgan fingerprint density at radius 3 is 2.55 bits per heavy atom. The van der Waals surface area contributed by atoms with Crippen LogP contribution in [0, 0.1) is 18.6 Å². The molecule has 1 atom stereocenters. The van der Waals surface area contributed by atoms with Crippen molar-refractivity contribution >= 4 is 17.6 Å². The number of pyridine rings is 1. The molecule has 8 nitrogen and oxygen atoms in total. The number of rotatable bonds is 5. The van der Waals surface area contributed by atoms with Crippen LogP contribution in [0.4, 0.5) is 14.6 Å². The van der Waals surface area contributed by atoms with E-state index in [-0.39, 0.29) is 34.8 Å². The molecule has 2 aromatic carbocycles. The van der Waals surface area contributed by atoms with Crippen LogP contribution in [-0.4, -0.2) is 50.6 Å². The Bertz CT molecular complexity index is 1550. The van der Waals surface area contributed by atoms with Gasteiger partial charge in [0.25, 0.3) is 11.8 Å². The molecule has 0 saturated carbocycles. The second-order valence-electron chi connectivity index (χ2n) is 9.42. The van der Waals surface area contributed by atoms with E-state index in [4.69, 9.17) is 5.73 Å². The van der Waals surface area contributed by atoms with Crippen LogP contribution in [0.3, 0.4) is 0 Å². The van der Waals surface area contributed by atoms with Crippen molar-refractivity contribution in [2.45, 2.75) is 19.4 Å². The third kappa shape index (κ3) is 4.97. The quantitative estimate of drug-likeness (QED) is 0.418. The van der Waals surface area contributed by atoms with E-state index >= 15 is 0 Å². The maximum Gasteiger partial charge on any atom is 0.255 e. The zero-order valence-corrected chi connectivity index (χ0v) is 20.9. The molecule has 2 amide bonds. The molecule has 1 aliphatic rings. The van der Waals surface area contributed by atoms with Crippen molar-refractivity contribution in [2.24, 2.45) is 7.05 Å². The number of carbonyl (C=O) groups is 2. The van der Waals surface area contributed by atoms with E-state index in [1.54, 1.807) is 60.2 Å². The van der Waals surface area contributed by atoms with Gasteiger partial charge in [-0.15, -0.1) is 0 Å². The van der Waals surface area contributed by atoms with Crippen LogP contribution < -0.4 is 11.1 Å². The van der Waals surface area contributed by atoms with Crippen LogP contribution in [0.2, 0.25) is 0 Å². The number of benzene rings is 2. The van der Waals surface area contributed by atoms with Gasteiger partial charge >= 0.3 is 0 Å². The van der Waals surface area contributed by atoms with Crippen LogP contribution in [0.1, 0.15) is 32.7 Å². The molecular weight excluding hydrogens is 490 g/mol. The van der Waals surface area contributed by atoms with E-state index in [9.17, 15) is 18.4 Å². The predicted molar refractivity (Wildman–Crippen MR) is 139 cm³/mol. The number of nitrogens with one attached hydrogen (secondary N) is 1. The van der Waals surface area contributed by atoms with Crippen LogP contribution in [0.5, 0.6) is 0 Å². The van der Waals surface area contributed by atoms with E-state index in [1.165, 1.54) is 12.1 Å². The average Bonchev–Trinajstić information content (AvgIpc) is 3.53. The van der Waals surface area contributed by atoms with Gasteiger partial charge < -0.3 is 16.0 Å². The summed E-state index contributed by atoms with van der Waals surface area (Å²) in [5, 5.41) is 7.11. The fraction of sp³-hybridized carbons (Fsp3) is 0.214. The van der Waals surface area contributed by atoms with E-state index in [2.05, 4.69) is 15.4 Å². The molecular formula is C28H26F2N6O2. The number of aromatic nitrogens is 3. The summed E-state index contributed by atoms with van der Waals surface area (Å²) in [6, 6.07) is 9.86. The zero-order chi connectivity index (χ0) is 27.0. The number of hydrogen-bond donors (Lipinski definition) is 2. The van der Waals surface area contributed by atoms with Crippen molar-refractivity contribution in [3.05, 3.63) is 89.4 Å². The van der Waals surface area contributed by atoms with Gasteiger partial charge in [0.2, 0.25) is 0 Å². The highest BCUT2D eigenvalue weighted by Gasteiger charge is 2.29. The second-order valence-corrected chi connectivity index (χ2v) is 9.42. The maximum absolute atomic E-state index is 14.3. The summed E-state index contributed by atoms with van der Waals surface area (Å²) in [7, 11) is 1.80. The first-order chi connectivity index (χ1) is 18.2. The minimum Gasteiger partial charge on any atom is -0.383 e. The third-order valence-corrected chi connectivity index (χ3v) is 6.71. The Kier molecular flexibility index (Phi) is 6.62. The molecule has 5 rings (SSSR count). The Morgan fingerprint density at radius 1 is 1.05 bits per heavy atom. The molecule has 0 unspecified atom stereocenters. The first kappa shape index (κ1) is 25.1. The Balaban J connectivity index is 1.26. The molecule has 0 bridgehead atoms. The molecule has 38 heavy (non-hydrogen) atoms. The summed E-state index contributed by atoms with van der Waals surface area (Å²) < 4.78 is 29.2. The second kappa shape index (κ2) is 10.0. The van der Waals surface area contributed by atoms with Crippen molar-refractivity contribution in [3.63, 3.8) is 0 Å². The van der Waals surface area contributed by atoms with Crippen molar-refractivity contribution in [1.29, 1.82) is 0 Å². The number of halogens is 2. The first-order valence-corrected chi connectivity index (χ1v) is 12.1. The van der Waals surface area contributed by atoms with E-state index < -0.39 is 11.6 Å². The molecule has 1 saturated heterocycles. The van der Waals surface area contributed by atoms with Gasteiger partial charge in [-0.3, -0.25) is 14.3 Å². The number of amides is 2. The van der Waals surface area contributed by atoms with Crippen LogP contribution in [0.15, 0.2) is 61.1 Å². The van der Waals surface area contributed by atoms with E-state index in [0.29, 0.717) is 36.2 Å². The highest BCUT2D eigenvalue weighted by atomic mass is 19.1. The molecule has 1 fully saturated rings. The fourth-order valence-corrected chi connectivity index (χ4v) is 4.70.